The first-order chi connectivity index (χ1) is 12.2. The molecular weight excluding hydrogens is 318 g/mol. The second kappa shape index (κ2) is 7.06. The van der Waals surface area contributed by atoms with Crippen LogP contribution in [0.4, 0.5) is 0 Å². The Hall–Kier alpha value is -1.43. The number of aryl methyl sites for hydroxylation is 1. The van der Waals surface area contributed by atoms with Crippen molar-refractivity contribution in [1.29, 1.82) is 0 Å². The standard InChI is InChI=1S/C19H29N3O3/c1-2-17-20-21-18(25-17)16-10-15(23)11-22(16)19(24)14-8-7-12-5-3-4-6-13(12)9-14/h12-16,23H,2-11H2,1H3/t12?,13?,14?,15-,16-/m1/s1. The van der Waals surface area contributed by atoms with Gasteiger partial charge in [0.1, 0.15) is 6.04 Å². The maximum absolute atomic E-state index is 13.2. The number of carbonyl (C=O) groups excluding carboxylic acids is 1. The van der Waals surface area contributed by atoms with E-state index in [1.165, 1.54) is 32.1 Å². The van der Waals surface area contributed by atoms with Crippen LogP contribution in [0.2, 0.25) is 0 Å². The van der Waals surface area contributed by atoms with Crippen molar-refractivity contribution in [2.45, 2.75) is 76.9 Å². The monoisotopic (exact) mass is 347 g/mol. The lowest BCUT2D eigenvalue weighted by Gasteiger charge is -2.40. The molecule has 1 N–H and O–H groups in total. The van der Waals surface area contributed by atoms with Crippen molar-refractivity contribution in [2.75, 3.05) is 6.54 Å². The van der Waals surface area contributed by atoms with E-state index in [9.17, 15) is 9.90 Å². The van der Waals surface area contributed by atoms with Gasteiger partial charge >= 0.3 is 0 Å². The van der Waals surface area contributed by atoms with Gasteiger partial charge in [-0.1, -0.05) is 32.6 Å². The number of likely N-dealkylation sites (tertiary alicyclic amines) is 1. The van der Waals surface area contributed by atoms with Crippen molar-refractivity contribution >= 4 is 5.91 Å². The van der Waals surface area contributed by atoms with E-state index in [0.29, 0.717) is 31.2 Å². The lowest BCUT2D eigenvalue weighted by molar-refractivity contribution is -0.139. The summed E-state index contributed by atoms with van der Waals surface area (Å²) in [4.78, 5) is 15.0. The fourth-order valence-electron chi connectivity index (χ4n) is 5.17. The van der Waals surface area contributed by atoms with E-state index in [4.69, 9.17) is 4.42 Å². The highest BCUT2D eigenvalue weighted by Crippen LogP contribution is 2.44. The number of aliphatic hydroxyl groups excluding tert-OH is 1. The Kier molecular flexibility index (Phi) is 4.80. The van der Waals surface area contributed by atoms with Crippen LogP contribution in [0.25, 0.3) is 0 Å². The van der Waals surface area contributed by atoms with E-state index in [0.717, 1.165) is 24.7 Å². The number of aromatic nitrogens is 2. The zero-order chi connectivity index (χ0) is 17.4. The van der Waals surface area contributed by atoms with Crippen LogP contribution in [0.1, 0.15) is 76.1 Å². The van der Waals surface area contributed by atoms with Crippen LogP contribution < -0.4 is 0 Å². The molecule has 1 aromatic heterocycles. The summed E-state index contributed by atoms with van der Waals surface area (Å²) in [5.74, 6) is 2.90. The van der Waals surface area contributed by atoms with Crippen molar-refractivity contribution in [1.82, 2.24) is 15.1 Å². The second-order valence-electron chi connectivity index (χ2n) is 8.10. The third-order valence-corrected chi connectivity index (χ3v) is 6.52. The highest BCUT2D eigenvalue weighted by atomic mass is 16.4. The van der Waals surface area contributed by atoms with Gasteiger partial charge in [0.25, 0.3) is 0 Å². The van der Waals surface area contributed by atoms with Gasteiger partial charge in [-0.3, -0.25) is 4.79 Å². The third-order valence-electron chi connectivity index (χ3n) is 6.52. The quantitative estimate of drug-likeness (QED) is 0.909. The van der Waals surface area contributed by atoms with Gasteiger partial charge in [0, 0.05) is 25.3 Å². The maximum Gasteiger partial charge on any atom is 0.239 e. The van der Waals surface area contributed by atoms with Crippen LogP contribution in [0, 0.1) is 17.8 Å². The first-order valence-corrected chi connectivity index (χ1v) is 9.96. The average Bonchev–Trinajstić information content (AvgIpc) is 3.27. The van der Waals surface area contributed by atoms with E-state index < -0.39 is 6.10 Å². The van der Waals surface area contributed by atoms with E-state index in [1.807, 2.05) is 11.8 Å². The number of carbonyl (C=O) groups is 1. The van der Waals surface area contributed by atoms with E-state index in [2.05, 4.69) is 10.2 Å². The molecule has 0 bridgehead atoms. The molecule has 3 fully saturated rings. The van der Waals surface area contributed by atoms with Crippen LogP contribution in [-0.4, -0.2) is 38.8 Å². The van der Waals surface area contributed by atoms with Crippen LogP contribution in [0.3, 0.4) is 0 Å². The molecule has 6 nitrogen and oxygen atoms in total. The molecule has 25 heavy (non-hydrogen) atoms. The Bertz CT molecular complexity index is 617. The summed E-state index contributed by atoms with van der Waals surface area (Å²) < 4.78 is 5.69. The molecule has 1 aromatic rings. The van der Waals surface area contributed by atoms with Gasteiger partial charge in [-0.2, -0.15) is 0 Å². The number of β-amino-alcohol motifs (C(OH)–C–C–N with tert-alkyl or cyclic N) is 1. The van der Waals surface area contributed by atoms with Crippen LogP contribution >= 0.6 is 0 Å². The molecule has 2 heterocycles. The molecule has 0 spiro atoms. The van der Waals surface area contributed by atoms with Crippen molar-refractivity contribution in [2.24, 2.45) is 17.8 Å². The number of amides is 1. The molecule has 0 aromatic carbocycles. The summed E-state index contributed by atoms with van der Waals surface area (Å²) in [6, 6.07) is -0.264. The molecule has 6 heteroatoms. The number of fused-ring (bicyclic) bond motifs is 1. The zero-order valence-electron chi connectivity index (χ0n) is 15.1. The Morgan fingerprint density at radius 1 is 1.16 bits per heavy atom. The largest absolute Gasteiger partial charge is 0.423 e. The summed E-state index contributed by atoms with van der Waals surface area (Å²) >= 11 is 0. The van der Waals surface area contributed by atoms with Gasteiger partial charge in [-0.15, -0.1) is 10.2 Å². The topological polar surface area (TPSA) is 79.5 Å². The van der Waals surface area contributed by atoms with E-state index >= 15 is 0 Å². The molecule has 0 radical (unpaired) electrons. The first kappa shape index (κ1) is 17.0. The molecule has 2 aliphatic carbocycles. The second-order valence-corrected chi connectivity index (χ2v) is 8.10. The van der Waals surface area contributed by atoms with Gasteiger partial charge in [-0.05, 0) is 31.1 Å². The number of nitrogens with zero attached hydrogens (tertiary/aromatic N) is 3. The minimum Gasteiger partial charge on any atom is -0.423 e. The van der Waals surface area contributed by atoms with Gasteiger partial charge in [0.15, 0.2) is 0 Å². The van der Waals surface area contributed by atoms with Crippen LogP contribution in [-0.2, 0) is 11.2 Å². The summed E-state index contributed by atoms with van der Waals surface area (Å²) in [5.41, 5.74) is 0. The number of aliphatic hydroxyl groups is 1. The molecule has 138 valence electrons. The molecule has 1 aliphatic heterocycles. The summed E-state index contributed by atoms with van der Waals surface area (Å²) in [6.45, 7) is 2.35. The van der Waals surface area contributed by atoms with Crippen molar-refractivity contribution in [3.8, 4) is 0 Å². The van der Waals surface area contributed by atoms with Crippen molar-refractivity contribution in [3.63, 3.8) is 0 Å². The summed E-state index contributed by atoms with van der Waals surface area (Å²) in [6.07, 6.45) is 9.17. The lowest BCUT2D eigenvalue weighted by Crippen LogP contribution is -2.40. The Labute approximate surface area is 149 Å². The maximum atomic E-state index is 13.2. The van der Waals surface area contributed by atoms with Gasteiger partial charge < -0.3 is 14.4 Å². The summed E-state index contributed by atoms with van der Waals surface area (Å²) in [5, 5.41) is 18.3. The number of rotatable bonds is 3. The predicted octanol–water partition coefficient (Wildman–Crippen LogP) is 2.87. The van der Waals surface area contributed by atoms with Crippen LogP contribution in [0.5, 0.6) is 0 Å². The molecule has 5 atom stereocenters. The molecule has 3 aliphatic rings. The number of hydrogen-bond acceptors (Lipinski definition) is 5. The fourth-order valence-corrected chi connectivity index (χ4v) is 5.17. The molecule has 3 unspecified atom stereocenters. The highest BCUT2D eigenvalue weighted by Gasteiger charge is 2.43. The van der Waals surface area contributed by atoms with E-state index in [1.54, 1.807) is 0 Å². The van der Waals surface area contributed by atoms with Crippen LogP contribution in [0.15, 0.2) is 4.42 Å². The zero-order valence-corrected chi connectivity index (χ0v) is 15.1. The summed E-state index contributed by atoms with van der Waals surface area (Å²) in [7, 11) is 0. The highest BCUT2D eigenvalue weighted by molar-refractivity contribution is 5.79. The minimum atomic E-state index is -0.503. The molecule has 4 rings (SSSR count). The Balaban J connectivity index is 1.47. The normalized spacial score (nSPS) is 35.6. The smallest absolute Gasteiger partial charge is 0.239 e. The number of hydrogen-bond donors (Lipinski definition) is 1. The molecule has 1 amide bonds. The predicted molar refractivity (Wildman–Crippen MR) is 91.5 cm³/mol. The van der Waals surface area contributed by atoms with Crippen molar-refractivity contribution < 1.29 is 14.3 Å². The molecular formula is C19H29N3O3. The van der Waals surface area contributed by atoms with Gasteiger partial charge in [0.2, 0.25) is 17.7 Å². The molecule has 2 saturated carbocycles. The fraction of sp³-hybridized carbons (Fsp3) is 0.842. The van der Waals surface area contributed by atoms with Gasteiger partial charge in [-0.25, -0.2) is 0 Å². The average molecular weight is 347 g/mol. The third kappa shape index (κ3) is 3.33. The van der Waals surface area contributed by atoms with E-state index in [-0.39, 0.29) is 17.9 Å². The minimum absolute atomic E-state index is 0.0979. The first-order valence-electron chi connectivity index (χ1n) is 9.96. The van der Waals surface area contributed by atoms with Crippen molar-refractivity contribution in [3.05, 3.63) is 11.8 Å². The van der Waals surface area contributed by atoms with Gasteiger partial charge in [0.05, 0.1) is 6.10 Å². The molecule has 1 saturated heterocycles. The Morgan fingerprint density at radius 2 is 1.96 bits per heavy atom. The SMILES string of the molecule is CCc1nnc([C@H]2C[C@@H](O)CN2C(=O)C2CCC3CCCCC3C2)o1. The lowest BCUT2D eigenvalue weighted by atomic mass is 9.67. The Morgan fingerprint density at radius 3 is 2.72 bits per heavy atom.